The molecule has 1 fully saturated rings. The van der Waals surface area contributed by atoms with Crippen LogP contribution in [-0.2, 0) is 0 Å². The van der Waals surface area contributed by atoms with E-state index in [9.17, 15) is 0 Å². The van der Waals surface area contributed by atoms with Gasteiger partial charge in [-0.15, -0.1) is 0 Å². The predicted octanol–water partition coefficient (Wildman–Crippen LogP) is 0.859. The van der Waals surface area contributed by atoms with Gasteiger partial charge in [0.25, 0.3) is 0 Å². The van der Waals surface area contributed by atoms with Crippen molar-refractivity contribution in [3.05, 3.63) is 0 Å². The van der Waals surface area contributed by atoms with E-state index < -0.39 is 0 Å². The quantitative estimate of drug-likeness (QED) is 0.616. The first-order chi connectivity index (χ1) is 8.22. The van der Waals surface area contributed by atoms with Crippen molar-refractivity contribution in [2.24, 2.45) is 0 Å². The van der Waals surface area contributed by atoms with Gasteiger partial charge in [0.05, 0.1) is 6.07 Å². The Kier molecular flexibility index (Phi) is 7.18. The van der Waals surface area contributed by atoms with Crippen LogP contribution < -0.4 is 0 Å². The lowest BCUT2D eigenvalue weighted by molar-refractivity contribution is 0.124. The molecule has 0 atom stereocenters. The molecule has 98 valence electrons. The van der Waals surface area contributed by atoms with Gasteiger partial charge in [0.1, 0.15) is 0 Å². The Morgan fingerprint density at radius 2 is 1.59 bits per heavy atom. The fraction of sp³-hybridized carbons (Fsp3) is 0.923. The molecule has 17 heavy (non-hydrogen) atoms. The summed E-state index contributed by atoms with van der Waals surface area (Å²) < 4.78 is 0. The molecule has 0 saturated carbocycles. The van der Waals surface area contributed by atoms with Crippen molar-refractivity contribution >= 4 is 0 Å². The van der Waals surface area contributed by atoms with Gasteiger partial charge in [-0.2, -0.15) is 5.26 Å². The fourth-order valence-corrected chi connectivity index (χ4v) is 2.12. The third kappa shape index (κ3) is 6.62. The number of unbranched alkanes of at least 4 members (excludes halogenated alkanes) is 2. The molecule has 1 rings (SSSR count). The van der Waals surface area contributed by atoms with Crippen LogP contribution in [0.25, 0.3) is 0 Å². The third-order valence-corrected chi connectivity index (χ3v) is 3.34. The summed E-state index contributed by atoms with van der Waals surface area (Å²) in [4.78, 5) is 7.32. The van der Waals surface area contributed by atoms with Crippen LogP contribution >= 0.6 is 0 Å². The second kappa shape index (κ2) is 8.46. The molecule has 0 radical (unpaired) electrons. The molecule has 0 bridgehead atoms. The van der Waals surface area contributed by atoms with Gasteiger partial charge in [-0.25, -0.2) is 0 Å². The van der Waals surface area contributed by atoms with E-state index in [-0.39, 0.29) is 0 Å². The van der Waals surface area contributed by atoms with Gasteiger partial charge in [-0.1, -0.05) is 0 Å². The van der Waals surface area contributed by atoms with Gasteiger partial charge in [-0.3, -0.25) is 4.90 Å². The molecule has 0 amide bonds. The van der Waals surface area contributed by atoms with E-state index in [1.54, 1.807) is 0 Å². The van der Waals surface area contributed by atoms with Crippen LogP contribution in [0.3, 0.4) is 0 Å². The lowest BCUT2D eigenvalue weighted by atomic mass is 10.2. The molecule has 0 unspecified atom stereocenters. The lowest BCUT2D eigenvalue weighted by Gasteiger charge is -2.35. The minimum atomic E-state index is 0.711. The number of hydrogen-bond acceptors (Lipinski definition) is 4. The van der Waals surface area contributed by atoms with Crippen LogP contribution in [0, 0.1) is 11.3 Å². The largest absolute Gasteiger partial charge is 0.308 e. The van der Waals surface area contributed by atoms with E-state index in [4.69, 9.17) is 5.26 Å². The number of piperazine rings is 1. The average molecular weight is 238 g/mol. The Balaban J connectivity index is 2.03. The summed E-state index contributed by atoms with van der Waals surface area (Å²) in [5.74, 6) is 0. The summed E-state index contributed by atoms with van der Waals surface area (Å²) in [7, 11) is 4.26. The highest BCUT2D eigenvalue weighted by atomic mass is 15.3. The van der Waals surface area contributed by atoms with E-state index in [1.165, 1.54) is 45.7 Å². The van der Waals surface area contributed by atoms with Gasteiger partial charge < -0.3 is 9.80 Å². The molecule has 0 spiro atoms. The summed E-state index contributed by atoms with van der Waals surface area (Å²) in [5, 5.41) is 8.47. The van der Waals surface area contributed by atoms with Crippen molar-refractivity contribution in [1.82, 2.24) is 14.7 Å². The summed E-state index contributed by atoms with van der Waals surface area (Å²) in [6.45, 7) is 8.30. The van der Waals surface area contributed by atoms with Crippen LogP contribution in [-0.4, -0.2) is 74.6 Å². The van der Waals surface area contributed by atoms with Crippen LogP contribution in [0.15, 0.2) is 0 Å². The van der Waals surface area contributed by atoms with Gasteiger partial charge in [-0.05, 0) is 33.5 Å². The molecule has 4 heteroatoms. The van der Waals surface area contributed by atoms with Crippen molar-refractivity contribution in [2.45, 2.75) is 19.3 Å². The molecule has 1 aliphatic rings. The zero-order chi connectivity index (χ0) is 12.5. The predicted molar refractivity (Wildman–Crippen MR) is 70.9 cm³/mol. The smallest absolute Gasteiger partial charge is 0.0621 e. The topological polar surface area (TPSA) is 33.5 Å². The van der Waals surface area contributed by atoms with Crippen molar-refractivity contribution < 1.29 is 0 Å². The highest BCUT2D eigenvalue weighted by molar-refractivity contribution is 4.73. The van der Waals surface area contributed by atoms with Crippen LogP contribution in [0.4, 0.5) is 0 Å². The Labute approximate surface area is 106 Å². The van der Waals surface area contributed by atoms with Gasteiger partial charge >= 0.3 is 0 Å². The van der Waals surface area contributed by atoms with E-state index in [2.05, 4.69) is 34.9 Å². The SMILES string of the molecule is CN(C)CCN1CCN(CCCCC#N)CC1. The number of hydrogen-bond donors (Lipinski definition) is 0. The fourth-order valence-electron chi connectivity index (χ4n) is 2.12. The van der Waals surface area contributed by atoms with Gasteiger partial charge in [0.15, 0.2) is 0 Å². The maximum atomic E-state index is 8.47. The number of nitriles is 1. The molecule has 0 aromatic heterocycles. The monoisotopic (exact) mass is 238 g/mol. The first kappa shape index (κ1) is 14.4. The normalized spacial score (nSPS) is 18.5. The molecule has 0 aromatic carbocycles. The Morgan fingerprint density at radius 3 is 2.12 bits per heavy atom. The van der Waals surface area contributed by atoms with Crippen molar-refractivity contribution in [3.63, 3.8) is 0 Å². The molecule has 0 aromatic rings. The number of likely N-dealkylation sites (N-methyl/N-ethyl adjacent to an activating group) is 1. The minimum Gasteiger partial charge on any atom is -0.308 e. The summed E-state index contributed by atoms with van der Waals surface area (Å²) in [6.07, 6.45) is 2.94. The van der Waals surface area contributed by atoms with Crippen molar-refractivity contribution in [2.75, 3.05) is 59.9 Å². The highest BCUT2D eigenvalue weighted by Gasteiger charge is 2.15. The van der Waals surface area contributed by atoms with Gasteiger partial charge in [0, 0.05) is 45.7 Å². The average Bonchev–Trinajstić information content (AvgIpc) is 2.33. The van der Waals surface area contributed by atoms with Crippen molar-refractivity contribution in [3.8, 4) is 6.07 Å². The van der Waals surface area contributed by atoms with Crippen LogP contribution in [0.1, 0.15) is 19.3 Å². The zero-order valence-corrected chi connectivity index (χ0v) is 11.4. The minimum absolute atomic E-state index is 0.711. The Hall–Kier alpha value is -0.630. The molecule has 0 N–H and O–H groups in total. The standard InChI is InChI=1S/C13H26N4/c1-15(2)8-9-17-12-10-16(11-13-17)7-5-3-4-6-14/h3-5,7-13H2,1-2H3. The second-order valence-corrected chi connectivity index (χ2v) is 5.10. The van der Waals surface area contributed by atoms with Crippen LogP contribution in [0.2, 0.25) is 0 Å². The second-order valence-electron chi connectivity index (χ2n) is 5.10. The molecular formula is C13H26N4. The van der Waals surface area contributed by atoms with E-state index >= 15 is 0 Å². The molecule has 1 heterocycles. The van der Waals surface area contributed by atoms with Crippen molar-refractivity contribution in [1.29, 1.82) is 5.26 Å². The molecule has 1 aliphatic heterocycles. The maximum Gasteiger partial charge on any atom is 0.0621 e. The summed E-state index contributed by atoms with van der Waals surface area (Å²) >= 11 is 0. The Morgan fingerprint density at radius 1 is 1.00 bits per heavy atom. The first-order valence-electron chi connectivity index (χ1n) is 6.69. The zero-order valence-electron chi connectivity index (χ0n) is 11.4. The third-order valence-electron chi connectivity index (χ3n) is 3.34. The first-order valence-corrected chi connectivity index (χ1v) is 6.69. The molecule has 1 saturated heterocycles. The number of rotatable bonds is 7. The Bertz CT molecular complexity index is 226. The maximum absolute atomic E-state index is 8.47. The van der Waals surface area contributed by atoms with E-state index in [1.807, 2.05) is 0 Å². The van der Waals surface area contributed by atoms with Crippen LogP contribution in [0.5, 0.6) is 0 Å². The summed E-state index contributed by atoms with van der Waals surface area (Å²) in [6, 6.07) is 2.21. The van der Waals surface area contributed by atoms with E-state index in [0.29, 0.717) is 6.42 Å². The lowest BCUT2D eigenvalue weighted by Crippen LogP contribution is -2.48. The van der Waals surface area contributed by atoms with E-state index in [0.717, 1.165) is 13.0 Å². The summed E-state index contributed by atoms with van der Waals surface area (Å²) in [5.41, 5.74) is 0. The molecule has 0 aliphatic carbocycles. The molecular weight excluding hydrogens is 212 g/mol. The van der Waals surface area contributed by atoms with Gasteiger partial charge in [0.2, 0.25) is 0 Å². The highest BCUT2D eigenvalue weighted by Crippen LogP contribution is 2.04. The molecule has 4 nitrogen and oxygen atoms in total. The number of nitrogens with zero attached hydrogens (tertiary/aromatic N) is 4.